The molecule has 2 aromatic rings. The van der Waals surface area contributed by atoms with Gasteiger partial charge < -0.3 is 10.1 Å². The van der Waals surface area contributed by atoms with E-state index in [2.05, 4.69) is 41.3 Å². The van der Waals surface area contributed by atoms with Gasteiger partial charge in [-0.2, -0.15) is 5.10 Å². The van der Waals surface area contributed by atoms with Gasteiger partial charge in [-0.3, -0.25) is 4.90 Å². The van der Waals surface area contributed by atoms with Crippen LogP contribution in [0.3, 0.4) is 0 Å². The van der Waals surface area contributed by atoms with Gasteiger partial charge in [-0.25, -0.2) is 4.68 Å². The Balaban J connectivity index is 0.00000131. The molecule has 2 fully saturated rings. The predicted molar refractivity (Wildman–Crippen MR) is 114 cm³/mol. The number of halogens is 2. The molecule has 1 aromatic carbocycles. The van der Waals surface area contributed by atoms with E-state index in [-0.39, 0.29) is 30.4 Å². The lowest BCUT2D eigenvalue weighted by molar-refractivity contribution is -0.125. The van der Waals surface area contributed by atoms with Crippen LogP contribution in [0.5, 0.6) is 0 Å². The SMILES string of the molecule is Cc1cc(C)c(CN2CCOC3(CCNCC3)C2)c(-n2cccn2)c1.Cl.Cl. The monoisotopic (exact) mass is 412 g/mol. The van der Waals surface area contributed by atoms with Crippen LogP contribution >= 0.6 is 24.8 Å². The minimum absolute atomic E-state index is 0. The average Bonchev–Trinajstić information content (AvgIpc) is 3.12. The number of nitrogens with one attached hydrogen (secondary N) is 1. The van der Waals surface area contributed by atoms with Gasteiger partial charge in [-0.15, -0.1) is 24.8 Å². The summed E-state index contributed by atoms with van der Waals surface area (Å²) in [5.41, 5.74) is 5.25. The summed E-state index contributed by atoms with van der Waals surface area (Å²) in [6.07, 6.45) is 6.11. The lowest BCUT2D eigenvalue weighted by Crippen LogP contribution is -2.56. The molecule has 1 spiro atoms. The van der Waals surface area contributed by atoms with E-state index in [9.17, 15) is 0 Å². The molecule has 0 aliphatic carbocycles. The van der Waals surface area contributed by atoms with E-state index in [1.807, 2.05) is 23.1 Å². The van der Waals surface area contributed by atoms with Gasteiger partial charge in [0.15, 0.2) is 0 Å². The number of piperidine rings is 1. The van der Waals surface area contributed by atoms with Gasteiger partial charge >= 0.3 is 0 Å². The van der Waals surface area contributed by atoms with Gasteiger partial charge in [-0.1, -0.05) is 6.07 Å². The number of hydrogen-bond acceptors (Lipinski definition) is 4. The number of morpholine rings is 1. The first kappa shape index (κ1) is 22.2. The Hall–Kier alpha value is -1.11. The van der Waals surface area contributed by atoms with Crippen molar-refractivity contribution in [3.63, 3.8) is 0 Å². The van der Waals surface area contributed by atoms with E-state index in [0.717, 1.165) is 52.2 Å². The zero-order valence-electron chi connectivity index (χ0n) is 16.1. The number of rotatable bonds is 3. The second-order valence-corrected chi connectivity index (χ2v) is 7.52. The van der Waals surface area contributed by atoms with Gasteiger partial charge in [0.05, 0.1) is 17.9 Å². The normalized spacial score (nSPS) is 19.3. The number of benzene rings is 1. The average molecular weight is 413 g/mol. The molecule has 0 radical (unpaired) electrons. The summed E-state index contributed by atoms with van der Waals surface area (Å²) in [4.78, 5) is 2.57. The summed E-state index contributed by atoms with van der Waals surface area (Å²) in [6.45, 7) is 10.3. The highest BCUT2D eigenvalue weighted by Gasteiger charge is 2.37. The van der Waals surface area contributed by atoms with E-state index in [0.29, 0.717) is 0 Å². The number of ether oxygens (including phenoxy) is 1. The second kappa shape index (κ2) is 9.39. The molecular weight excluding hydrogens is 383 g/mol. The molecule has 0 saturated carbocycles. The Kier molecular flexibility index (Phi) is 7.72. The molecule has 0 amide bonds. The highest BCUT2D eigenvalue weighted by atomic mass is 35.5. The fraction of sp³-hybridized carbons (Fsp3) is 0.550. The summed E-state index contributed by atoms with van der Waals surface area (Å²) in [5.74, 6) is 0. The van der Waals surface area contributed by atoms with Crippen LogP contribution in [0.15, 0.2) is 30.6 Å². The Morgan fingerprint density at radius 1 is 1.19 bits per heavy atom. The molecular formula is C20H30Cl2N4O. The van der Waals surface area contributed by atoms with E-state index < -0.39 is 0 Å². The van der Waals surface area contributed by atoms with Crippen molar-refractivity contribution < 1.29 is 4.74 Å². The van der Waals surface area contributed by atoms with Crippen molar-refractivity contribution in [2.24, 2.45) is 0 Å². The smallest absolute Gasteiger partial charge is 0.0833 e. The topological polar surface area (TPSA) is 42.3 Å². The fourth-order valence-corrected chi connectivity index (χ4v) is 4.26. The molecule has 4 rings (SSSR count). The van der Waals surface area contributed by atoms with Crippen molar-refractivity contribution in [1.29, 1.82) is 0 Å². The summed E-state index contributed by atoms with van der Waals surface area (Å²) in [5, 5.41) is 7.92. The zero-order valence-corrected chi connectivity index (χ0v) is 17.7. The summed E-state index contributed by atoms with van der Waals surface area (Å²) < 4.78 is 8.22. The molecule has 0 atom stereocenters. The lowest BCUT2D eigenvalue weighted by Gasteiger charge is -2.45. The van der Waals surface area contributed by atoms with Crippen LogP contribution in [0.2, 0.25) is 0 Å². The zero-order chi connectivity index (χ0) is 17.3. The molecule has 1 N–H and O–H groups in total. The molecule has 0 unspecified atom stereocenters. The van der Waals surface area contributed by atoms with E-state index in [1.165, 1.54) is 22.4 Å². The largest absolute Gasteiger partial charge is 0.372 e. The van der Waals surface area contributed by atoms with Gasteiger partial charge in [-0.05, 0) is 68.6 Å². The molecule has 7 heteroatoms. The molecule has 5 nitrogen and oxygen atoms in total. The van der Waals surface area contributed by atoms with E-state index in [1.54, 1.807) is 0 Å². The van der Waals surface area contributed by atoms with Crippen LogP contribution in [0.25, 0.3) is 5.69 Å². The summed E-state index contributed by atoms with van der Waals surface area (Å²) in [6, 6.07) is 6.51. The van der Waals surface area contributed by atoms with Gasteiger partial charge in [0, 0.05) is 32.0 Å². The first-order valence-corrected chi connectivity index (χ1v) is 9.32. The molecule has 2 aliphatic heterocycles. The number of aromatic nitrogens is 2. The quantitative estimate of drug-likeness (QED) is 0.839. The van der Waals surface area contributed by atoms with Gasteiger partial charge in [0.1, 0.15) is 0 Å². The molecule has 0 bridgehead atoms. The molecule has 2 saturated heterocycles. The minimum atomic E-state index is 0. The fourth-order valence-electron chi connectivity index (χ4n) is 4.26. The first-order valence-electron chi connectivity index (χ1n) is 9.32. The second-order valence-electron chi connectivity index (χ2n) is 7.52. The third kappa shape index (κ3) is 4.84. The first-order chi connectivity index (χ1) is 12.2. The van der Waals surface area contributed by atoms with Crippen LogP contribution in [0, 0.1) is 13.8 Å². The minimum Gasteiger partial charge on any atom is -0.372 e. The standard InChI is InChI=1S/C20H28N4O.2ClH/c1-16-12-17(2)18(19(13-16)24-9-3-6-22-24)14-23-10-11-25-20(15-23)4-7-21-8-5-20;;/h3,6,9,12-13,21H,4-5,7-8,10-11,14-15H2,1-2H3;2*1H. The maximum atomic E-state index is 6.23. The van der Waals surface area contributed by atoms with E-state index >= 15 is 0 Å². The van der Waals surface area contributed by atoms with Crippen LogP contribution in [-0.2, 0) is 11.3 Å². The highest BCUT2D eigenvalue weighted by molar-refractivity contribution is 5.85. The molecule has 2 aliphatic rings. The number of hydrogen-bond donors (Lipinski definition) is 1. The Morgan fingerprint density at radius 2 is 1.96 bits per heavy atom. The van der Waals surface area contributed by atoms with Crippen molar-refractivity contribution in [3.05, 3.63) is 47.3 Å². The lowest BCUT2D eigenvalue weighted by atomic mass is 9.90. The summed E-state index contributed by atoms with van der Waals surface area (Å²) >= 11 is 0. The Labute approximate surface area is 174 Å². The highest BCUT2D eigenvalue weighted by Crippen LogP contribution is 2.30. The van der Waals surface area contributed by atoms with Crippen LogP contribution in [0.1, 0.15) is 29.5 Å². The van der Waals surface area contributed by atoms with Gasteiger partial charge in [0.2, 0.25) is 0 Å². The van der Waals surface area contributed by atoms with Crippen molar-refractivity contribution in [2.75, 3.05) is 32.8 Å². The van der Waals surface area contributed by atoms with Crippen molar-refractivity contribution in [3.8, 4) is 5.69 Å². The van der Waals surface area contributed by atoms with Crippen molar-refractivity contribution in [2.45, 2.75) is 38.8 Å². The molecule has 1 aromatic heterocycles. The van der Waals surface area contributed by atoms with Crippen molar-refractivity contribution in [1.82, 2.24) is 20.0 Å². The number of aryl methyl sites for hydroxylation is 2. The maximum Gasteiger partial charge on any atom is 0.0833 e. The van der Waals surface area contributed by atoms with E-state index in [4.69, 9.17) is 4.74 Å². The molecule has 3 heterocycles. The van der Waals surface area contributed by atoms with Crippen LogP contribution < -0.4 is 5.32 Å². The maximum absolute atomic E-state index is 6.23. The Morgan fingerprint density at radius 3 is 2.67 bits per heavy atom. The molecule has 150 valence electrons. The number of nitrogens with zero attached hydrogens (tertiary/aromatic N) is 3. The predicted octanol–water partition coefficient (Wildman–Crippen LogP) is 3.29. The van der Waals surface area contributed by atoms with Crippen LogP contribution in [-0.4, -0.2) is 53.1 Å². The van der Waals surface area contributed by atoms with Crippen molar-refractivity contribution >= 4 is 24.8 Å². The van der Waals surface area contributed by atoms with Gasteiger partial charge in [0.25, 0.3) is 0 Å². The molecule has 27 heavy (non-hydrogen) atoms. The third-order valence-electron chi connectivity index (χ3n) is 5.57. The third-order valence-corrected chi connectivity index (χ3v) is 5.57. The Bertz CT molecular complexity index is 724. The summed E-state index contributed by atoms with van der Waals surface area (Å²) in [7, 11) is 0. The van der Waals surface area contributed by atoms with Crippen LogP contribution in [0.4, 0.5) is 0 Å².